The molecule has 1 rings (SSSR count). The minimum atomic E-state index is 0.408. The van der Waals surface area contributed by atoms with Crippen molar-refractivity contribution in [2.45, 2.75) is 6.92 Å². The Morgan fingerprint density at radius 2 is 1.94 bits per heavy atom. The summed E-state index contributed by atoms with van der Waals surface area (Å²) in [6.07, 6.45) is 1.37. The first kappa shape index (κ1) is 13.2. The first-order valence-corrected chi connectivity index (χ1v) is 5.30. The molecular formula is C10H15ClN2O3. The van der Waals surface area contributed by atoms with Crippen LogP contribution in [0.3, 0.4) is 0 Å². The van der Waals surface area contributed by atoms with Gasteiger partial charge < -0.3 is 14.2 Å². The molecule has 0 radical (unpaired) electrons. The van der Waals surface area contributed by atoms with Crippen molar-refractivity contribution < 1.29 is 14.2 Å². The van der Waals surface area contributed by atoms with Gasteiger partial charge in [0.2, 0.25) is 5.88 Å². The first-order valence-electron chi connectivity index (χ1n) is 4.92. The molecule has 0 saturated carbocycles. The summed E-state index contributed by atoms with van der Waals surface area (Å²) >= 11 is 5.82. The van der Waals surface area contributed by atoms with E-state index in [4.69, 9.17) is 25.8 Å². The Bertz CT molecular complexity index is 323. The van der Waals surface area contributed by atoms with Crippen molar-refractivity contribution in [3.05, 3.63) is 17.0 Å². The molecule has 0 aliphatic rings. The lowest BCUT2D eigenvalue weighted by Gasteiger charge is -2.08. The lowest BCUT2D eigenvalue weighted by Crippen LogP contribution is -2.11. The summed E-state index contributed by atoms with van der Waals surface area (Å²) in [5.41, 5.74) is 0.737. The highest BCUT2D eigenvalue weighted by molar-refractivity contribution is 6.30. The highest BCUT2D eigenvalue weighted by Gasteiger charge is 2.05. The second-order valence-corrected chi connectivity index (χ2v) is 3.41. The van der Waals surface area contributed by atoms with Gasteiger partial charge in [-0.1, -0.05) is 11.6 Å². The third-order valence-electron chi connectivity index (χ3n) is 1.87. The number of aromatic nitrogens is 2. The lowest BCUT2D eigenvalue weighted by molar-refractivity contribution is 0.0535. The van der Waals surface area contributed by atoms with E-state index < -0.39 is 0 Å². The van der Waals surface area contributed by atoms with Crippen LogP contribution in [-0.4, -0.2) is 43.5 Å². The zero-order chi connectivity index (χ0) is 11.8. The minimum Gasteiger partial charge on any atom is -0.475 e. The van der Waals surface area contributed by atoms with Crippen molar-refractivity contribution in [1.82, 2.24) is 9.97 Å². The molecule has 0 amide bonds. The van der Waals surface area contributed by atoms with Crippen LogP contribution < -0.4 is 4.74 Å². The number of methoxy groups -OCH3 is 1. The van der Waals surface area contributed by atoms with E-state index in [1.165, 1.54) is 6.33 Å². The summed E-state index contributed by atoms with van der Waals surface area (Å²) in [6.45, 7) is 3.87. The van der Waals surface area contributed by atoms with Crippen LogP contribution in [-0.2, 0) is 9.47 Å². The molecule has 6 heteroatoms. The largest absolute Gasteiger partial charge is 0.475 e. The topological polar surface area (TPSA) is 53.5 Å². The van der Waals surface area contributed by atoms with Crippen molar-refractivity contribution in [2.24, 2.45) is 0 Å². The van der Waals surface area contributed by atoms with E-state index in [2.05, 4.69) is 9.97 Å². The molecule has 0 N–H and O–H groups in total. The third-order valence-corrected chi connectivity index (χ3v) is 2.26. The Kier molecular flexibility index (Phi) is 6.07. The molecule has 0 aliphatic heterocycles. The fourth-order valence-corrected chi connectivity index (χ4v) is 1.13. The van der Waals surface area contributed by atoms with E-state index in [1.54, 1.807) is 7.11 Å². The number of halogens is 1. The van der Waals surface area contributed by atoms with Gasteiger partial charge in [0.25, 0.3) is 0 Å². The van der Waals surface area contributed by atoms with Gasteiger partial charge in [-0.2, -0.15) is 0 Å². The maximum absolute atomic E-state index is 5.82. The van der Waals surface area contributed by atoms with Gasteiger partial charge in [0, 0.05) is 12.7 Å². The molecule has 1 aromatic rings. The van der Waals surface area contributed by atoms with E-state index in [1.807, 2.05) is 6.92 Å². The second-order valence-electron chi connectivity index (χ2n) is 3.05. The van der Waals surface area contributed by atoms with Gasteiger partial charge in [-0.25, -0.2) is 9.97 Å². The monoisotopic (exact) mass is 246 g/mol. The maximum Gasteiger partial charge on any atom is 0.220 e. The van der Waals surface area contributed by atoms with Crippen LogP contribution in [0.15, 0.2) is 6.33 Å². The van der Waals surface area contributed by atoms with E-state index in [9.17, 15) is 0 Å². The van der Waals surface area contributed by atoms with Gasteiger partial charge >= 0.3 is 0 Å². The van der Waals surface area contributed by atoms with Crippen molar-refractivity contribution in [2.75, 3.05) is 33.5 Å². The van der Waals surface area contributed by atoms with E-state index in [0.717, 1.165) is 5.56 Å². The van der Waals surface area contributed by atoms with Gasteiger partial charge in [0.1, 0.15) is 18.1 Å². The molecule has 0 aliphatic carbocycles. The minimum absolute atomic E-state index is 0.408. The van der Waals surface area contributed by atoms with Crippen LogP contribution in [0.2, 0.25) is 5.15 Å². The molecule has 0 spiro atoms. The van der Waals surface area contributed by atoms with E-state index in [-0.39, 0.29) is 0 Å². The number of rotatable bonds is 7. The number of hydrogen-bond donors (Lipinski definition) is 0. The fourth-order valence-electron chi connectivity index (χ4n) is 1.00. The molecule has 5 nitrogen and oxygen atoms in total. The van der Waals surface area contributed by atoms with Crippen LogP contribution in [0, 0.1) is 6.92 Å². The van der Waals surface area contributed by atoms with Crippen LogP contribution >= 0.6 is 11.6 Å². The zero-order valence-corrected chi connectivity index (χ0v) is 10.2. The summed E-state index contributed by atoms with van der Waals surface area (Å²) in [5.74, 6) is 0.496. The normalized spacial score (nSPS) is 10.4. The molecule has 0 unspecified atom stereocenters. The van der Waals surface area contributed by atoms with Crippen LogP contribution in [0.25, 0.3) is 0 Å². The predicted octanol–water partition coefficient (Wildman–Crippen LogP) is 1.48. The van der Waals surface area contributed by atoms with Crippen molar-refractivity contribution in [1.29, 1.82) is 0 Å². The SMILES string of the molecule is COCCOCCOc1ncnc(Cl)c1C. The highest BCUT2D eigenvalue weighted by atomic mass is 35.5. The smallest absolute Gasteiger partial charge is 0.220 e. The Morgan fingerprint density at radius 3 is 2.69 bits per heavy atom. The van der Waals surface area contributed by atoms with Crippen molar-refractivity contribution in [3.63, 3.8) is 0 Å². The molecule has 0 atom stereocenters. The van der Waals surface area contributed by atoms with Gasteiger partial charge in [-0.3, -0.25) is 0 Å². The zero-order valence-electron chi connectivity index (χ0n) is 9.40. The van der Waals surface area contributed by atoms with Crippen LogP contribution in [0.4, 0.5) is 0 Å². The summed E-state index contributed by atoms with van der Waals surface area (Å²) < 4.78 is 15.5. The Balaban J connectivity index is 2.24. The Labute approximate surface area is 99.7 Å². The van der Waals surface area contributed by atoms with Gasteiger partial charge in [0.15, 0.2) is 0 Å². The summed E-state index contributed by atoms with van der Waals surface area (Å²) in [6, 6.07) is 0. The third kappa shape index (κ3) is 4.30. The number of nitrogens with zero attached hydrogens (tertiary/aromatic N) is 2. The van der Waals surface area contributed by atoms with Crippen molar-refractivity contribution in [3.8, 4) is 5.88 Å². The fraction of sp³-hybridized carbons (Fsp3) is 0.600. The molecule has 1 aromatic heterocycles. The average Bonchev–Trinajstić information content (AvgIpc) is 2.29. The summed E-state index contributed by atoms with van der Waals surface area (Å²) in [5, 5.41) is 0.408. The highest BCUT2D eigenvalue weighted by Crippen LogP contribution is 2.19. The van der Waals surface area contributed by atoms with Crippen LogP contribution in [0.5, 0.6) is 5.88 Å². The predicted molar refractivity (Wildman–Crippen MR) is 60.0 cm³/mol. The lowest BCUT2D eigenvalue weighted by atomic mass is 10.4. The molecule has 1 heterocycles. The number of ether oxygens (including phenoxy) is 3. The first-order chi connectivity index (χ1) is 7.75. The van der Waals surface area contributed by atoms with Gasteiger partial charge in [0.05, 0.1) is 19.8 Å². The quantitative estimate of drug-likeness (QED) is 0.539. The average molecular weight is 247 g/mol. The molecule has 0 saturated heterocycles. The van der Waals surface area contributed by atoms with E-state index in [0.29, 0.717) is 37.5 Å². The number of hydrogen-bond acceptors (Lipinski definition) is 5. The maximum atomic E-state index is 5.82. The molecule has 0 fully saturated rings. The summed E-state index contributed by atoms with van der Waals surface area (Å²) in [7, 11) is 1.63. The molecule has 0 bridgehead atoms. The molecule has 16 heavy (non-hydrogen) atoms. The Hall–Kier alpha value is -0.910. The Morgan fingerprint density at radius 1 is 1.19 bits per heavy atom. The second kappa shape index (κ2) is 7.38. The molecule has 90 valence electrons. The summed E-state index contributed by atoms with van der Waals surface area (Å²) in [4.78, 5) is 7.81. The van der Waals surface area contributed by atoms with Crippen LogP contribution in [0.1, 0.15) is 5.56 Å². The van der Waals surface area contributed by atoms with Gasteiger partial charge in [-0.05, 0) is 6.92 Å². The standard InChI is InChI=1S/C10H15ClN2O3/c1-8-9(11)12-7-13-10(8)16-6-5-15-4-3-14-2/h7H,3-6H2,1-2H3. The van der Waals surface area contributed by atoms with Crippen molar-refractivity contribution >= 4 is 11.6 Å². The molecule has 0 aromatic carbocycles. The molecular weight excluding hydrogens is 232 g/mol. The van der Waals surface area contributed by atoms with Gasteiger partial charge in [-0.15, -0.1) is 0 Å². The van der Waals surface area contributed by atoms with E-state index >= 15 is 0 Å².